The molecule has 1 saturated heterocycles. The first-order valence-corrected chi connectivity index (χ1v) is 13.9. The number of rotatable bonds is 6. The first kappa shape index (κ1) is 24.3. The van der Waals surface area contributed by atoms with Gasteiger partial charge in [0.2, 0.25) is 11.8 Å². The molecule has 0 bridgehead atoms. The number of piperidine rings is 1. The van der Waals surface area contributed by atoms with Gasteiger partial charge in [0.25, 0.3) is 5.91 Å². The van der Waals surface area contributed by atoms with Crippen LogP contribution in [0, 0.1) is 5.92 Å². The third-order valence-corrected chi connectivity index (χ3v) is 9.00. The van der Waals surface area contributed by atoms with Gasteiger partial charge >= 0.3 is 0 Å². The molecule has 2 saturated carbocycles. The molecule has 9 nitrogen and oxygen atoms in total. The van der Waals surface area contributed by atoms with Crippen LogP contribution in [0.15, 0.2) is 30.9 Å². The summed E-state index contributed by atoms with van der Waals surface area (Å²) in [5, 5.41) is 14.3. The number of carbonyl (C=O) groups excluding carboxylic acids is 3. The van der Waals surface area contributed by atoms with Crippen LogP contribution in [0.25, 0.3) is 0 Å². The van der Waals surface area contributed by atoms with E-state index in [1.807, 2.05) is 18.7 Å². The summed E-state index contributed by atoms with van der Waals surface area (Å²) in [7, 11) is 0. The Morgan fingerprint density at radius 3 is 2.51 bits per heavy atom. The van der Waals surface area contributed by atoms with Crippen molar-refractivity contribution < 1.29 is 14.4 Å². The third kappa shape index (κ3) is 5.06. The Morgan fingerprint density at radius 1 is 0.946 bits per heavy atom. The fourth-order valence-corrected chi connectivity index (χ4v) is 6.97. The molecule has 3 fully saturated rings. The number of amides is 3. The lowest BCUT2D eigenvalue weighted by molar-refractivity contribution is -0.136. The van der Waals surface area contributed by atoms with E-state index in [9.17, 15) is 14.4 Å². The largest absolute Gasteiger partial charge is 0.322 e. The Morgan fingerprint density at radius 2 is 1.73 bits per heavy atom. The molecule has 0 radical (unpaired) electrons. The van der Waals surface area contributed by atoms with E-state index in [2.05, 4.69) is 37.5 Å². The molecular weight excluding hydrogens is 468 g/mol. The van der Waals surface area contributed by atoms with Gasteiger partial charge in [-0.1, -0.05) is 25.0 Å². The van der Waals surface area contributed by atoms with E-state index < -0.39 is 6.04 Å². The highest BCUT2D eigenvalue weighted by Crippen LogP contribution is 2.34. The van der Waals surface area contributed by atoms with Crippen LogP contribution in [0.3, 0.4) is 0 Å². The van der Waals surface area contributed by atoms with Crippen LogP contribution in [0.4, 0.5) is 0 Å². The number of hydrogen-bond donors (Lipinski definition) is 2. The minimum absolute atomic E-state index is 0.102. The minimum Gasteiger partial charge on any atom is -0.322 e. The van der Waals surface area contributed by atoms with E-state index in [0.717, 1.165) is 24.8 Å². The molecule has 3 amide bonds. The van der Waals surface area contributed by atoms with Crippen molar-refractivity contribution in [3.05, 3.63) is 47.5 Å². The Hall–Kier alpha value is -3.07. The standard InChI is InChI=1S/C28H36N6O3/c35-26-12-11-25(27(36)32-26)34-15-20-14-18(5-10-23(20)28(34)37)13-19-3-1-2-4-24(19)31-21-6-8-22(9-7-21)33-16-29-30-17-33/h5,10,14,16-17,19,21-22,24-25,31H,1-4,6-9,11-13,15H2,(H,32,35,36)/t19-,21?,22?,24+,25?/m1/s1. The van der Waals surface area contributed by atoms with Gasteiger partial charge in [0, 0.05) is 36.7 Å². The van der Waals surface area contributed by atoms with Crippen LogP contribution in [-0.4, -0.2) is 55.5 Å². The van der Waals surface area contributed by atoms with Crippen molar-refractivity contribution in [3.63, 3.8) is 0 Å². The smallest absolute Gasteiger partial charge is 0.255 e. The van der Waals surface area contributed by atoms with Gasteiger partial charge in [-0.05, 0) is 74.5 Å². The second-order valence-corrected chi connectivity index (χ2v) is 11.3. The molecule has 2 aliphatic heterocycles. The molecule has 2 aliphatic carbocycles. The average molecular weight is 505 g/mol. The van der Waals surface area contributed by atoms with Gasteiger partial charge in [0.1, 0.15) is 18.7 Å². The fraction of sp³-hybridized carbons (Fsp3) is 0.607. The quantitative estimate of drug-likeness (QED) is 0.586. The van der Waals surface area contributed by atoms with Crippen LogP contribution >= 0.6 is 0 Å². The second kappa shape index (κ2) is 10.4. The molecule has 1 aromatic heterocycles. The summed E-state index contributed by atoms with van der Waals surface area (Å²) in [5.41, 5.74) is 2.96. The molecule has 6 rings (SSSR count). The summed E-state index contributed by atoms with van der Waals surface area (Å²) < 4.78 is 2.15. The van der Waals surface area contributed by atoms with E-state index >= 15 is 0 Å². The van der Waals surface area contributed by atoms with Gasteiger partial charge in [-0.25, -0.2) is 0 Å². The summed E-state index contributed by atoms with van der Waals surface area (Å²) >= 11 is 0. The van der Waals surface area contributed by atoms with Crippen molar-refractivity contribution in [3.8, 4) is 0 Å². The maximum absolute atomic E-state index is 13.0. The van der Waals surface area contributed by atoms with Crippen LogP contribution < -0.4 is 10.6 Å². The maximum Gasteiger partial charge on any atom is 0.255 e. The third-order valence-electron chi connectivity index (χ3n) is 9.00. The van der Waals surface area contributed by atoms with Crippen molar-refractivity contribution >= 4 is 17.7 Å². The fourth-order valence-electron chi connectivity index (χ4n) is 6.97. The molecule has 1 aromatic carbocycles. The van der Waals surface area contributed by atoms with Crippen molar-refractivity contribution in [2.75, 3.05) is 0 Å². The predicted molar refractivity (Wildman–Crippen MR) is 136 cm³/mol. The van der Waals surface area contributed by atoms with Gasteiger partial charge in [-0.3, -0.25) is 19.7 Å². The van der Waals surface area contributed by atoms with Crippen LogP contribution in [0.5, 0.6) is 0 Å². The monoisotopic (exact) mass is 504 g/mol. The van der Waals surface area contributed by atoms with E-state index in [4.69, 9.17) is 0 Å². The minimum atomic E-state index is -0.562. The number of nitrogens with zero attached hydrogens (tertiary/aromatic N) is 4. The van der Waals surface area contributed by atoms with Gasteiger partial charge < -0.3 is 14.8 Å². The van der Waals surface area contributed by atoms with Crippen LogP contribution in [0.1, 0.15) is 91.7 Å². The van der Waals surface area contributed by atoms with Gasteiger partial charge in [-0.2, -0.15) is 0 Å². The number of carbonyl (C=O) groups is 3. The molecule has 2 aromatic rings. The Bertz CT molecular complexity index is 1160. The predicted octanol–water partition coefficient (Wildman–Crippen LogP) is 2.91. The van der Waals surface area contributed by atoms with Crippen molar-refractivity contribution in [1.82, 2.24) is 30.3 Å². The first-order chi connectivity index (χ1) is 18.0. The van der Waals surface area contributed by atoms with Gasteiger partial charge in [0.15, 0.2) is 0 Å². The molecule has 3 heterocycles. The molecule has 9 heteroatoms. The summed E-state index contributed by atoms with van der Waals surface area (Å²) in [6, 6.07) is 7.27. The molecule has 4 aliphatic rings. The molecule has 196 valence electrons. The lowest BCUT2D eigenvalue weighted by atomic mass is 9.79. The molecule has 2 N–H and O–H groups in total. The maximum atomic E-state index is 13.0. The molecule has 1 unspecified atom stereocenters. The zero-order chi connectivity index (χ0) is 25.4. The highest BCUT2D eigenvalue weighted by Gasteiger charge is 2.39. The lowest BCUT2D eigenvalue weighted by Crippen LogP contribution is -2.52. The number of hydrogen-bond acceptors (Lipinski definition) is 6. The van der Waals surface area contributed by atoms with Crippen molar-refractivity contribution in [2.45, 2.75) is 101 Å². The summed E-state index contributed by atoms with van der Waals surface area (Å²) in [6.45, 7) is 0.441. The van der Waals surface area contributed by atoms with E-state index in [1.54, 1.807) is 4.90 Å². The first-order valence-electron chi connectivity index (χ1n) is 13.9. The zero-order valence-corrected chi connectivity index (χ0v) is 21.3. The van der Waals surface area contributed by atoms with Crippen LogP contribution in [0.2, 0.25) is 0 Å². The van der Waals surface area contributed by atoms with Crippen LogP contribution in [-0.2, 0) is 22.6 Å². The number of fused-ring (bicyclic) bond motifs is 1. The normalized spacial score (nSPS) is 30.3. The summed E-state index contributed by atoms with van der Waals surface area (Å²) in [4.78, 5) is 38.6. The number of imide groups is 1. The highest BCUT2D eigenvalue weighted by molar-refractivity contribution is 6.05. The van der Waals surface area contributed by atoms with Crippen molar-refractivity contribution in [2.24, 2.45) is 5.92 Å². The number of aromatic nitrogens is 3. The van der Waals surface area contributed by atoms with E-state index in [-0.39, 0.29) is 24.1 Å². The molecular formula is C28H36N6O3. The summed E-state index contributed by atoms with van der Waals surface area (Å²) in [6.07, 6.45) is 15.1. The van der Waals surface area contributed by atoms with E-state index in [1.165, 1.54) is 44.1 Å². The summed E-state index contributed by atoms with van der Waals surface area (Å²) in [5.74, 6) is -0.127. The Kier molecular flexibility index (Phi) is 6.80. The SMILES string of the molecule is O=C1CCC(N2Cc3cc(C[C@H]4CCCC[C@@H]4NC4CCC(n5cnnc5)CC4)ccc3C2=O)C(=O)N1. The number of benzene rings is 1. The molecule has 0 spiro atoms. The Labute approximate surface area is 217 Å². The van der Waals surface area contributed by atoms with Crippen molar-refractivity contribution in [1.29, 1.82) is 0 Å². The molecule has 37 heavy (non-hydrogen) atoms. The highest BCUT2D eigenvalue weighted by atomic mass is 16.2. The van der Waals surface area contributed by atoms with Gasteiger partial charge in [0.05, 0.1) is 0 Å². The average Bonchev–Trinajstić information content (AvgIpc) is 3.54. The lowest BCUT2D eigenvalue weighted by Gasteiger charge is -2.38. The van der Waals surface area contributed by atoms with Gasteiger partial charge in [-0.15, -0.1) is 10.2 Å². The number of nitrogens with one attached hydrogen (secondary N) is 2. The zero-order valence-electron chi connectivity index (χ0n) is 21.3. The van der Waals surface area contributed by atoms with E-state index in [0.29, 0.717) is 42.6 Å². The molecule has 3 atom stereocenters. The second-order valence-electron chi connectivity index (χ2n) is 11.3. The topological polar surface area (TPSA) is 109 Å². The Balaban J connectivity index is 1.08.